The fraction of sp³-hybridized carbons (Fsp3) is 0.167. The minimum absolute atomic E-state index is 0.0952. The molecule has 1 aliphatic heterocycles. The number of benzene rings is 2. The number of aromatic hydroxyl groups is 1. The summed E-state index contributed by atoms with van der Waals surface area (Å²) in [4.78, 5) is 33.3. The number of fused-ring (bicyclic) bond motifs is 1. The highest BCUT2D eigenvalue weighted by Gasteiger charge is 2.49. The lowest BCUT2D eigenvalue weighted by atomic mass is 9.96. The number of aliphatic hydroxyl groups excluding tert-OH is 1. The summed E-state index contributed by atoms with van der Waals surface area (Å²) in [6, 6.07) is 10.8. The first-order valence-corrected chi connectivity index (χ1v) is 16.6. The van der Waals surface area contributed by atoms with Gasteiger partial charge in [0.05, 0.1) is 28.9 Å². The van der Waals surface area contributed by atoms with E-state index in [9.17, 15) is 19.8 Å². The van der Waals surface area contributed by atoms with Crippen molar-refractivity contribution < 1.29 is 24.5 Å². The molecular formula is C30H22BrCl2N5O5S2. The van der Waals surface area contributed by atoms with Crippen molar-refractivity contribution in [3.63, 3.8) is 0 Å². The zero-order valence-corrected chi connectivity index (χ0v) is 28.4. The lowest BCUT2D eigenvalue weighted by Gasteiger charge is -2.23. The fourth-order valence-electron chi connectivity index (χ4n) is 5.06. The molecule has 15 heteroatoms. The Labute approximate surface area is 283 Å². The zero-order valence-electron chi connectivity index (χ0n) is 23.7. The molecule has 0 radical (unpaired) electrons. The Morgan fingerprint density at radius 1 is 1.16 bits per heavy atom. The number of hydrogen-bond acceptors (Lipinski definition) is 10. The average molecular weight is 747 g/mol. The third-order valence-corrected chi connectivity index (χ3v) is 10.6. The standard InChI is InChI=1S/C30H22BrCl2N5O5S2/c1-13-5-4-8-37-14(2)22(34-27(13)37)25(40)21-23(16-9-18(31)24(39)20(10-16)43-3)38(28(42)26(21)41)29-35-36-30(45-29)44-12-15-6-7-17(32)11-19(15)33/h4-11,23,39-40H,12H2,1-3H3/b25-21+. The number of rotatable bonds is 7. The molecule has 1 fully saturated rings. The number of phenolic OH excluding ortho intramolecular Hbond substituents is 1. The molecule has 0 saturated carbocycles. The Morgan fingerprint density at radius 2 is 1.93 bits per heavy atom. The molecule has 0 bridgehead atoms. The van der Waals surface area contributed by atoms with E-state index in [1.807, 2.05) is 25.1 Å². The van der Waals surface area contributed by atoms with Gasteiger partial charge in [-0.3, -0.25) is 14.5 Å². The van der Waals surface area contributed by atoms with Crippen LogP contribution in [-0.2, 0) is 15.3 Å². The number of amides is 1. The fourth-order valence-corrected chi connectivity index (χ4v) is 7.95. The first kappa shape index (κ1) is 31.4. The van der Waals surface area contributed by atoms with Gasteiger partial charge in [0.15, 0.2) is 21.6 Å². The van der Waals surface area contributed by atoms with Crippen molar-refractivity contribution in [1.29, 1.82) is 0 Å². The smallest absolute Gasteiger partial charge is 0.301 e. The van der Waals surface area contributed by atoms with E-state index in [1.165, 1.54) is 29.8 Å². The number of thioether (sulfide) groups is 1. The Morgan fingerprint density at radius 3 is 2.64 bits per heavy atom. The van der Waals surface area contributed by atoms with E-state index >= 15 is 0 Å². The van der Waals surface area contributed by atoms with Crippen molar-refractivity contribution in [1.82, 2.24) is 19.6 Å². The van der Waals surface area contributed by atoms with Crippen LogP contribution in [0.5, 0.6) is 11.5 Å². The molecular weight excluding hydrogens is 725 g/mol. The third kappa shape index (κ3) is 5.57. The van der Waals surface area contributed by atoms with Crippen molar-refractivity contribution in [3.8, 4) is 11.5 Å². The van der Waals surface area contributed by atoms with Crippen LogP contribution in [0.15, 0.2) is 63.0 Å². The summed E-state index contributed by atoms with van der Waals surface area (Å²) in [5.74, 6) is -1.89. The molecule has 3 aromatic heterocycles. The van der Waals surface area contributed by atoms with E-state index < -0.39 is 23.5 Å². The number of nitrogens with zero attached hydrogens (tertiary/aromatic N) is 5. The lowest BCUT2D eigenvalue weighted by molar-refractivity contribution is -0.132. The number of phenols is 1. The number of aromatic nitrogens is 4. The van der Waals surface area contributed by atoms with Gasteiger partial charge in [0.25, 0.3) is 5.78 Å². The normalized spacial score (nSPS) is 16.2. The van der Waals surface area contributed by atoms with E-state index in [2.05, 4.69) is 31.1 Å². The molecule has 1 unspecified atom stereocenters. The SMILES string of the molecule is COc1cc(C2/C(=C(\O)c3nc4c(C)cccn4c3C)C(=O)C(=O)N2c2nnc(SCc3ccc(Cl)cc3Cl)s2)cc(Br)c1O. The molecule has 0 spiro atoms. The topological polar surface area (TPSA) is 130 Å². The van der Waals surface area contributed by atoms with Crippen LogP contribution in [0.2, 0.25) is 10.0 Å². The van der Waals surface area contributed by atoms with Gasteiger partial charge >= 0.3 is 5.91 Å². The first-order valence-electron chi connectivity index (χ1n) is 13.2. The van der Waals surface area contributed by atoms with Crippen LogP contribution in [0.25, 0.3) is 11.4 Å². The van der Waals surface area contributed by atoms with Crippen molar-refractivity contribution >= 4 is 90.5 Å². The number of methoxy groups -OCH3 is 1. The highest BCUT2D eigenvalue weighted by molar-refractivity contribution is 9.10. The second kappa shape index (κ2) is 12.3. The minimum Gasteiger partial charge on any atom is -0.505 e. The van der Waals surface area contributed by atoms with Gasteiger partial charge in [0.1, 0.15) is 11.3 Å². The maximum atomic E-state index is 13.8. The van der Waals surface area contributed by atoms with Gasteiger partial charge in [-0.1, -0.05) is 58.4 Å². The molecule has 5 aromatic rings. The number of ether oxygens (including phenoxy) is 1. The highest BCUT2D eigenvalue weighted by Crippen LogP contribution is 2.47. The zero-order chi connectivity index (χ0) is 32.2. The molecule has 0 aliphatic carbocycles. The summed E-state index contributed by atoms with van der Waals surface area (Å²) < 4.78 is 7.94. The maximum Gasteiger partial charge on any atom is 0.301 e. The number of aryl methyl sites for hydroxylation is 2. The van der Waals surface area contributed by atoms with E-state index in [-0.39, 0.29) is 32.4 Å². The Kier molecular flexibility index (Phi) is 8.57. The molecule has 1 atom stereocenters. The first-order chi connectivity index (χ1) is 21.5. The van der Waals surface area contributed by atoms with Crippen LogP contribution in [0.4, 0.5) is 5.13 Å². The largest absolute Gasteiger partial charge is 0.505 e. The van der Waals surface area contributed by atoms with Gasteiger partial charge in [-0.2, -0.15) is 0 Å². The highest BCUT2D eigenvalue weighted by atomic mass is 79.9. The number of imidazole rings is 1. The molecule has 10 nitrogen and oxygen atoms in total. The van der Waals surface area contributed by atoms with Crippen LogP contribution in [0.3, 0.4) is 0 Å². The Hall–Kier alpha value is -3.62. The molecule has 2 aromatic carbocycles. The van der Waals surface area contributed by atoms with Crippen LogP contribution < -0.4 is 9.64 Å². The van der Waals surface area contributed by atoms with Crippen molar-refractivity contribution in [3.05, 3.63) is 96.8 Å². The van der Waals surface area contributed by atoms with Gasteiger partial charge in [0, 0.05) is 22.0 Å². The average Bonchev–Trinajstić information content (AvgIpc) is 3.69. The predicted octanol–water partition coefficient (Wildman–Crippen LogP) is 7.50. The van der Waals surface area contributed by atoms with Gasteiger partial charge < -0.3 is 19.4 Å². The number of pyridine rings is 1. The molecule has 230 valence electrons. The second-order valence-electron chi connectivity index (χ2n) is 10.0. The van der Waals surface area contributed by atoms with Gasteiger partial charge in [-0.05, 0) is 76.8 Å². The van der Waals surface area contributed by atoms with Crippen LogP contribution in [0, 0.1) is 13.8 Å². The molecule has 45 heavy (non-hydrogen) atoms. The molecule has 4 heterocycles. The predicted molar refractivity (Wildman–Crippen MR) is 178 cm³/mol. The van der Waals surface area contributed by atoms with E-state index in [1.54, 1.807) is 35.7 Å². The number of carbonyl (C=O) groups excluding carboxylic acids is 2. The summed E-state index contributed by atoms with van der Waals surface area (Å²) in [5.41, 5.74) is 3.21. The molecule has 1 aliphatic rings. The number of anilines is 1. The van der Waals surface area contributed by atoms with Crippen LogP contribution >= 0.6 is 62.2 Å². The van der Waals surface area contributed by atoms with Crippen LogP contribution in [0.1, 0.15) is 34.1 Å². The maximum absolute atomic E-state index is 13.8. The van der Waals surface area contributed by atoms with Crippen molar-refractivity contribution in [2.75, 3.05) is 12.0 Å². The van der Waals surface area contributed by atoms with Gasteiger partial charge in [-0.15, -0.1) is 10.2 Å². The minimum atomic E-state index is -1.15. The summed E-state index contributed by atoms with van der Waals surface area (Å²) in [5, 5.41) is 31.9. The third-order valence-electron chi connectivity index (χ3n) is 7.31. The van der Waals surface area contributed by atoms with Gasteiger partial charge in [0.2, 0.25) is 5.13 Å². The number of halogens is 3. The van der Waals surface area contributed by atoms with Crippen molar-refractivity contribution in [2.45, 2.75) is 30.0 Å². The second-order valence-corrected chi connectivity index (χ2v) is 13.9. The number of aliphatic hydroxyl groups is 1. The molecule has 1 saturated heterocycles. The summed E-state index contributed by atoms with van der Waals surface area (Å²) in [6.45, 7) is 3.65. The number of Topliss-reactive ketones (excluding diaryl/α,β-unsaturated/α-hetero) is 1. The Bertz CT molecular complexity index is 2060. The molecule has 1 amide bonds. The number of carbonyl (C=O) groups is 2. The van der Waals surface area contributed by atoms with Gasteiger partial charge in [-0.25, -0.2) is 4.98 Å². The van der Waals surface area contributed by atoms with E-state index in [0.717, 1.165) is 22.5 Å². The number of ketones is 1. The van der Waals surface area contributed by atoms with Crippen molar-refractivity contribution in [2.24, 2.45) is 0 Å². The molecule has 6 rings (SSSR count). The van der Waals surface area contributed by atoms with Crippen LogP contribution in [-0.4, -0.2) is 48.6 Å². The van der Waals surface area contributed by atoms with E-state index in [0.29, 0.717) is 37.0 Å². The van der Waals surface area contributed by atoms with E-state index in [4.69, 9.17) is 27.9 Å². The summed E-state index contributed by atoms with van der Waals surface area (Å²) in [7, 11) is 1.38. The summed E-state index contributed by atoms with van der Waals surface area (Å²) in [6.07, 6.45) is 1.80. The molecule has 2 N–H and O–H groups in total. The monoisotopic (exact) mass is 745 g/mol. The number of hydrogen-bond donors (Lipinski definition) is 2. The quantitative estimate of drug-likeness (QED) is 0.0572. The summed E-state index contributed by atoms with van der Waals surface area (Å²) >= 11 is 18.1. The lowest BCUT2D eigenvalue weighted by Crippen LogP contribution is -2.29. The Balaban J connectivity index is 1.47.